The quantitative estimate of drug-likeness (QED) is 0.777. The van der Waals surface area contributed by atoms with Crippen molar-refractivity contribution in [1.29, 1.82) is 0 Å². The predicted octanol–water partition coefficient (Wildman–Crippen LogP) is 1.82. The number of amides is 1. The second kappa shape index (κ2) is 6.44. The number of H-pyrrole nitrogens is 1. The summed E-state index contributed by atoms with van der Waals surface area (Å²) in [5.74, 6) is 0.213. The minimum absolute atomic E-state index is 0.0174. The Bertz CT molecular complexity index is 990. The number of piperidine rings is 1. The fourth-order valence-electron chi connectivity index (χ4n) is 3.59. The molecule has 0 spiro atoms. The second-order valence-electron chi connectivity index (χ2n) is 7.00. The lowest BCUT2D eigenvalue weighted by Crippen LogP contribution is -2.39. The molecule has 0 aliphatic carbocycles. The number of nitrogens with zero attached hydrogens (tertiary/aromatic N) is 5. The van der Waals surface area contributed by atoms with Gasteiger partial charge in [-0.1, -0.05) is 0 Å². The first-order chi connectivity index (χ1) is 12.5. The van der Waals surface area contributed by atoms with E-state index >= 15 is 0 Å². The molecule has 4 heterocycles. The van der Waals surface area contributed by atoms with E-state index in [0.717, 1.165) is 18.5 Å². The van der Waals surface area contributed by atoms with E-state index in [1.165, 1.54) is 4.52 Å². The van der Waals surface area contributed by atoms with E-state index in [-0.39, 0.29) is 23.4 Å². The lowest BCUT2D eigenvalue weighted by molar-refractivity contribution is 0.0697. The molecule has 0 atom stereocenters. The van der Waals surface area contributed by atoms with Gasteiger partial charge in [0.1, 0.15) is 5.69 Å². The lowest BCUT2D eigenvalue weighted by atomic mass is 9.93. The van der Waals surface area contributed by atoms with Gasteiger partial charge >= 0.3 is 0 Å². The van der Waals surface area contributed by atoms with E-state index in [4.69, 9.17) is 0 Å². The lowest BCUT2D eigenvalue weighted by Gasteiger charge is -2.32. The molecule has 3 aromatic rings. The van der Waals surface area contributed by atoms with Gasteiger partial charge in [0, 0.05) is 49.6 Å². The van der Waals surface area contributed by atoms with Gasteiger partial charge in [-0.3, -0.25) is 19.4 Å². The van der Waals surface area contributed by atoms with Crippen molar-refractivity contribution in [2.24, 2.45) is 0 Å². The summed E-state index contributed by atoms with van der Waals surface area (Å²) in [5.41, 5.74) is 1.97. The van der Waals surface area contributed by atoms with Gasteiger partial charge in [0.05, 0.1) is 5.69 Å². The Morgan fingerprint density at radius 3 is 2.77 bits per heavy atom. The van der Waals surface area contributed by atoms with E-state index < -0.39 is 0 Å². The fourth-order valence-corrected chi connectivity index (χ4v) is 3.59. The summed E-state index contributed by atoms with van der Waals surface area (Å²) in [6, 6.07) is 5.30. The zero-order chi connectivity index (χ0) is 18.3. The van der Waals surface area contributed by atoms with Crippen molar-refractivity contribution in [2.75, 3.05) is 13.1 Å². The van der Waals surface area contributed by atoms with Gasteiger partial charge < -0.3 is 4.90 Å². The molecule has 8 heteroatoms. The maximum atomic E-state index is 12.8. The summed E-state index contributed by atoms with van der Waals surface area (Å²) in [7, 11) is 0. The van der Waals surface area contributed by atoms with Crippen LogP contribution in [-0.4, -0.2) is 48.3 Å². The van der Waals surface area contributed by atoms with Crippen molar-refractivity contribution in [1.82, 2.24) is 29.3 Å². The van der Waals surface area contributed by atoms with Crippen LogP contribution >= 0.6 is 0 Å². The molecule has 1 fully saturated rings. The van der Waals surface area contributed by atoms with Gasteiger partial charge in [-0.05, 0) is 32.8 Å². The molecular formula is C18H22N6O2. The van der Waals surface area contributed by atoms with Crippen molar-refractivity contribution in [3.8, 4) is 0 Å². The Hall–Kier alpha value is -2.90. The van der Waals surface area contributed by atoms with Crippen LogP contribution in [0.2, 0.25) is 0 Å². The third kappa shape index (κ3) is 2.81. The van der Waals surface area contributed by atoms with E-state index in [0.29, 0.717) is 24.4 Å². The highest BCUT2D eigenvalue weighted by Gasteiger charge is 2.27. The maximum Gasteiger partial charge on any atom is 0.272 e. The Balaban J connectivity index is 1.49. The zero-order valence-corrected chi connectivity index (χ0v) is 14.9. The number of aromatic amines is 1. The molecule has 0 saturated carbocycles. The number of likely N-dealkylation sites (tertiary alicyclic amines) is 1. The summed E-state index contributed by atoms with van der Waals surface area (Å²) in [6.45, 7) is 5.33. The number of rotatable bonds is 3. The van der Waals surface area contributed by atoms with Crippen LogP contribution in [-0.2, 0) is 0 Å². The number of nitrogens with one attached hydrogen (secondary N) is 1. The Labute approximate surface area is 150 Å². The van der Waals surface area contributed by atoms with E-state index in [9.17, 15) is 9.59 Å². The maximum absolute atomic E-state index is 12.8. The van der Waals surface area contributed by atoms with Crippen molar-refractivity contribution >= 4 is 11.6 Å². The number of hydrogen-bond donors (Lipinski definition) is 1. The van der Waals surface area contributed by atoms with Crippen LogP contribution in [0.4, 0.5) is 0 Å². The van der Waals surface area contributed by atoms with Crippen LogP contribution < -0.4 is 5.56 Å². The third-order valence-electron chi connectivity index (χ3n) is 4.98. The SMILES string of the molecule is CC(C)n1nccc1C(=O)N1CCC(c2cc(=O)n3[nH]ccc3n2)CC1. The van der Waals surface area contributed by atoms with Crippen LogP contribution in [0.15, 0.2) is 35.4 Å². The Kier molecular flexibility index (Phi) is 4.10. The third-order valence-corrected chi connectivity index (χ3v) is 4.98. The van der Waals surface area contributed by atoms with Gasteiger partial charge in [0.2, 0.25) is 0 Å². The standard InChI is InChI=1S/C18H22N6O2/c1-12(2)23-15(3-7-19-23)18(26)22-9-5-13(6-10-22)14-11-17(25)24-16(21-14)4-8-20-24/h3-4,7-8,11-13,20H,5-6,9-10H2,1-2H3. The number of aromatic nitrogens is 5. The van der Waals surface area contributed by atoms with Crippen LogP contribution in [0.1, 0.15) is 54.8 Å². The van der Waals surface area contributed by atoms with Crippen molar-refractivity contribution in [3.05, 3.63) is 52.3 Å². The van der Waals surface area contributed by atoms with Crippen LogP contribution in [0, 0.1) is 0 Å². The number of hydrogen-bond acceptors (Lipinski definition) is 4. The monoisotopic (exact) mass is 354 g/mol. The van der Waals surface area contributed by atoms with E-state index in [1.807, 2.05) is 18.7 Å². The number of carbonyl (C=O) groups excluding carboxylic acids is 1. The van der Waals surface area contributed by atoms with Gasteiger partial charge in [-0.15, -0.1) is 0 Å². The highest BCUT2D eigenvalue weighted by molar-refractivity contribution is 5.92. The molecule has 1 amide bonds. The second-order valence-corrected chi connectivity index (χ2v) is 7.00. The van der Waals surface area contributed by atoms with Crippen molar-refractivity contribution in [3.63, 3.8) is 0 Å². The number of fused-ring (bicyclic) bond motifs is 1. The highest BCUT2D eigenvalue weighted by Crippen LogP contribution is 2.27. The van der Waals surface area contributed by atoms with Gasteiger partial charge in [-0.2, -0.15) is 5.10 Å². The summed E-state index contributed by atoms with van der Waals surface area (Å²) in [4.78, 5) is 31.4. The van der Waals surface area contributed by atoms with Gasteiger partial charge in [-0.25, -0.2) is 9.50 Å². The highest BCUT2D eigenvalue weighted by atomic mass is 16.2. The molecule has 1 aliphatic heterocycles. The normalized spacial score (nSPS) is 15.9. The summed E-state index contributed by atoms with van der Waals surface area (Å²) >= 11 is 0. The molecule has 0 bridgehead atoms. The van der Waals surface area contributed by atoms with Crippen LogP contribution in [0.25, 0.3) is 5.65 Å². The van der Waals surface area contributed by atoms with Crippen LogP contribution in [0.3, 0.4) is 0 Å². The minimum Gasteiger partial charge on any atom is -0.337 e. The molecule has 0 unspecified atom stereocenters. The average Bonchev–Trinajstić information content (AvgIpc) is 3.30. The van der Waals surface area contributed by atoms with Crippen molar-refractivity contribution < 1.29 is 4.79 Å². The molecule has 26 heavy (non-hydrogen) atoms. The Morgan fingerprint density at radius 2 is 2.04 bits per heavy atom. The fraction of sp³-hybridized carbons (Fsp3) is 0.444. The number of carbonyl (C=O) groups is 1. The summed E-state index contributed by atoms with van der Waals surface area (Å²) in [5, 5.41) is 7.10. The molecule has 1 N–H and O–H groups in total. The average molecular weight is 354 g/mol. The summed E-state index contributed by atoms with van der Waals surface area (Å²) < 4.78 is 3.19. The molecule has 0 radical (unpaired) electrons. The molecule has 4 rings (SSSR count). The van der Waals surface area contributed by atoms with E-state index in [2.05, 4.69) is 15.2 Å². The van der Waals surface area contributed by atoms with Gasteiger partial charge in [0.25, 0.3) is 11.5 Å². The molecular weight excluding hydrogens is 332 g/mol. The molecule has 0 aromatic carbocycles. The zero-order valence-electron chi connectivity index (χ0n) is 14.9. The van der Waals surface area contributed by atoms with Crippen molar-refractivity contribution in [2.45, 2.75) is 38.6 Å². The van der Waals surface area contributed by atoms with Gasteiger partial charge in [0.15, 0.2) is 5.65 Å². The van der Waals surface area contributed by atoms with Crippen LogP contribution in [0.5, 0.6) is 0 Å². The topological polar surface area (TPSA) is 88.3 Å². The molecule has 136 valence electrons. The predicted molar refractivity (Wildman–Crippen MR) is 96.3 cm³/mol. The molecule has 8 nitrogen and oxygen atoms in total. The smallest absolute Gasteiger partial charge is 0.272 e. The first kappa shape index (κ1) is 16.6. The largest absolute Gasteiger partial charge is 0.337 e. The summed E-state index contributed by atoms with van der Waals surface area (Å²) in [6.07, 6.45) is 4.97. The molecule has 1 aliphatic rings. The molecule has 1 saturated heterocycles. The Morgan fingerprint density at radius 1 is 1.27 bits per heavy atom. The van der Waals surface area contributed by atoms with E-state index in [1.54, 1.807) is 35.3 Å². The first-order valence-electron chi connectivity index (χ1n) is 8.94. The first-order valence-corrected chi connectivity index (χ1v) is 8.94. The minimum atomic E-state index is -0.102. The molecule has 3 aromatic heterocycles.